The monoisotopic (exact) mass is 184 g/mol. The van der Waals surface area contributed by atoms with Crippen molar-refractivity contribution < 1.29 is 30.6 Å². The highest BCUT2D eigenvalue weighted by atomic mass is 16.6. The SMILES string of the molecule is OC[C@@H](O)[C@@H](O)[C@H](O)[14C@H](O)CO. The lowest BCUT2D eigenvalue weighted by atomic mass is 10.2. The first kappa shape index (κ1) is 11.8. The summed E-state index contributed by atoms with van der Waals surface area (Å²) < 4.78 is 0. The first-order valence-electron chi connectivity index (χ1n) is 3.48. The maximum absolute atomic E-state index is 8.96. The van der Waals surface area contributed by atoms with Gasteiger partial charge >= 0.3 is 0 Å². The Morgan fingerprint density at radius 2 is 1.58 bits per heavy atom. The molecule has 6 heteroatoms. The minimum Gasteiger partial charge on any atom is -0.394 e. The van der Waals surface area contributed by atoms with Crippen LogP contribution in [-0.2, 0) is 0 Å². The molecule has 0 aromatic heterocycles. The second-order valence-corrected chi connectivity index (χ2v) is 2.48. The molecule has 0 unspecified atom stereocenters. The summed E-state index contributed by atoms with van der Waals surface area (Å²) in [6.07, 6.45) is -6.39. The third kappa shape index (κ3) is 3.02. The first-order chi connectivity index (χ1) is 5.54. The fourth-order valence-corrected chi connectivity index (χ4v) is 0.671. The van der Waals surface area contributed by atoms with Gasteiger partial charge in [0.2, 0.25) is 0 Å². The molecule has 0 aliphatic carbocycles. The van der Waals surface area contributed by atoms with Crippen LogP contribution >= 0.6 is 0 Å². The molecule has 0 aromatic rings. The van der Waals surface area contributed by atoms with Crippen molar-refractivity contribution in [1.82, 2.24) is 0 Å². The fraction of sp³-hybridized carbons (Fsp3) is 1.00. The predicted molar refractivity (Wildman–Crippen MR) is 38.2 cm³/mol. The van der Waals surface area contributed by atoms with Crippen LogP contribution < -0.4 is 0 Å². The van der Waals surface area contributed by atoms with Crippen molar-refractivity contribution >= 4 is 0 Å². The van der Waals surface area contributed by atoms with E-state index in [9.17, 15) is 0 Å². The molecule has 0 amide bonds. The van der Waals surface area contributed by atoms with E-state index in [1.807, 2.05) is 0 Å². The second-order valence-electron chi connectivity index (χ2n) is 2.48. The van der Waals surface area contributed by atoms with Gasteiger partial charge in [-0.2, -0.15) is 0 Å². The van der Waals surface area contributed by atoms with E-state index in [1.165, 1.54) is 0 Å². The van der Waals surface area contributed by atoms with Crippen LogP contribution in [0.5, 0.6) is 0 Å². The van der Waals surface area contributed by atoms with Gasteiger partial charge in [-0.15, -0.1) is 0 Å². The summed E-state index contributed by atoms with van der Waals surface area (Å²) in [5.41, 5.74) is 0. The summed E-state index contributed by atoms with van der Waals surface area (Å²) in [5.74, 6) is 0. The van der Waals surface area contributed by atoms with Crippen LogP contribution in [0.15, 0.2) is 0 Å². The Kier molecular flexibility index (Phi) is 5.31. The lowest BCUT2D eigenvalue weighted by Gasteiger charge is -2.24. The summed E-state index contributed by atoms with van der Waals surface area (Å²) in [6.45, 7) is -1.45. The normalized spacial score (nSPS) is 21.5. The molecule has 6 N–H and O–H groups in total. The maximum Gasteiger partial charge on any atom is 0.111 e. The Labute approximate surface area is 69.3 Å². The van der Waals surface area contributed by atoms with E-state index in [0.717, 1.165) is 0 Å². The first-order valence-corrected chi connectivity index (χ1v) is 3.48. The molecule has 12 heavy (non-hydrogen) atoms. The Morgan fingerprint density at radius 3 is 1.92 bits per heavy atom. The predicted octanol–water partition coefficient (Wildman–Crippen LogP) is -3.59. The summed E-state index contributed by atoms with van der Waals surface area (Å²) in [4.78, 5) is 0. The van der Waals surface area contributed by atoms with Crippen molar-refractivity contribution in [2.75, 3.05) is 13.2 Å². The quantitative estimate of drug-likeness (QED) is 0.263. The molecular weight excluding hydrogens is 170 g/mol. The lowest BCUT2D eigenvalue weighted by Crippen LogP contribution is -2.46. The number of hydrogen-bond donors (Lipinski definition) is 6. The third-order valence-electron chi connectivity index (χ3n) is 1.51. The molecule has 0 radical (unpaired) electrons. The second kappa shape index (κ2) is 5.41. The Bertz CT molecular complexity index is 105. The van der Waals surface area contributed by atoms with Crippen LogP contribution in [-0.4, -0.2) is 68.3 Å². The van der Waals surface area contributed by atoms with Crippen LogP contribution in [0.4, 0.5) is 0 Å². The molecule has 0 bridgehead atoms. The van der Waals surface area contributed by atoms with E-state index in [0.29, 0.717) is 0 Å². The van der Waals surface area contributed by atoms with E-state index in [-0.39, 0.29) is 0 Å². The minimum atomic E-state index is -1.67. The van der Waals surface area contributed by atoms with E-state index >= 15 is 0 Å². The summed E-state index contributed by atoms with van der Waals surface area (Å²) in [7, 11) is 0. The molecule has 0 aliphatic heterocycles. The standard InChI is InChI=1S/C6H14O6/c7-1-3(9)5(11)6(12)4(10)2-8/h3-12H,1-2H2/t3-,4-,5-,6-/m1/s1/i3+2. The Balaban J connectivity index is 3.99. The molecule has 6 nitrogen and oxygen atoms in total. The molecule has 0 rings (SSSR count). The smallest absolute Gasteiger partial charge is 0.111 e. The van der Waals surface area contributed by atoms with E-state index in [4.69, 9.17) is 30.6 Å². The van der Waals surface area contributed by atoms with Crippen molar-refractivity contribution in [3.8, 4) is 0 Å². The molecular formula is C6H14O6. The molecule has 0 spiro atoms. The van der Waals surface area contributed by atoms with E-state index in [1.54, 1.807) is 0 Å². The van der Waals surface area contributed by atoms with E-state index < -0.39 is 37.6 Å². The number of hydrogen-bond acceptors (Lipinski definition) is 6. The number of rotatable bonds is 5. The summed E-state index contributed by atoms with van der Waals surface area (Å²) in [6, 6.07) is 0. The average molecular weight is 184 g/mol. The molecule has 0 aromatic carbocycles. The van der Waals surface area contributed by atoms with Crippen molar-refractivity contribution in [2.24, 2.45) is 0 Å². The molecule has 0 heterocycles. The minimum absolute atomic E-state index is 0.726. The van der Waals surface area contributed by atoms with Gasteiger partial charge in [-0.3, -0.25) is 0 Å². The van der Waals surface area contributed by atoms with Crippen LogP contribution in [0.2, 0.25) is 0 Å². The van der Waals surface area contributed by atoms with Gasteiger partial charge in [0.25, 0.3) is 0 Å². The van der Waals surface area contributed by atoms with Gasteiger partial charge in [-0.1, -0.05) is 0 Å². The third-order valence-corrected chi connectivity index (χ3v) is 1.51. The van der Waals surface area contributed by atoms with Crippen LogP contribution in [0.3, 0.4) is 0 Å². The molecule has 0 aliphatic rings. The highest BCUT2D eigenvalue weighted by Gasteiger charge is 2.29. The van der Waals surface area contributed by atoms with Crippen molar-refractivity contribution in [3.63, 3.8) is 0 Å². The maximum atomic E-state index is 8.96. The van der Waals surface area contributed by atoms with Crippen LogP contribution in [0, 0.1) is 0 Å². The van der Waals surface area contributed by atoms with Crippen molar-refractivity contribution in [2.45, 2.75) is 24.4 Å². The lowest BCUT2D eigenvalue weighted by molar-refractivity contribution is -0.123. The highest BCUT2D eigenvalue weighted by Crippen LogP contribution is 2.03. The van der Waals surface area contributed by atoms with Crippen LogP contribution in [0.1, 0.15) is 0 Å². The summed E-state index contributed by atoms with van der Waals surface area (Å²) >= 11 is 0. The van der Waals surface area contributed by atoms with Crippen molar-refractivity contribution in [1.29, 1.82) is 0 Å². The van der Waals surface area contributed by atoms with Gasteiger partial charge < -0.3 is 30.6 Å². The Morgan fingerprint density at radius 1 is 1.08 bits per heavy atom. The molecule has 74 valence electrons. The zero-order valence-corrected chi connectivity index (χ0v) is 6.41. The number of aliphatic hydroxyl groups is 6. The highest BCUT2D eigenvalue weighted by molar-refractivity contribution is 4.79. The zero-order chi connectivity index (χ0) is 9.72. The van der Waals surface area contributed by atoms with Gasteiger partial charge in [0.05, 0.1) is 13.2 Å². The fourth-order valence-electron chi connectivity index (χ4n) is 0.671. The van der Waals surface area contributed by atoms with Gasteiger partial charge in [0.15, 0.2) is 0 Å². The van der Waals surface area contributed by atoms with Crippen LogP contribution in [0.25, 0.3) is 0 Å². The van der Waals surface area contributed by atoms with Gasteiger partial charge in [0.1, 0.15) is 24.4 Å². The topological polar surface area (TPSA) is 121 Å². The largest absolute Gasteiger partial charge is 0.394 e. The molecule has 4 atom stereocenters. The molecule has 0 saturated heterocycles. The average Bonchev–Trinajstić information content (AvgIpc) is 2.12. The van der Waals surface area contributed by atoms with E-state index in [2.05, 4.69) is 0 Å². The van der Waals surface area contributed by atoms with Crippen molar-refractivity contribution in [3.05, 3.63) is 0 Å². The van der Waals surface area contributed by atoms with Gasteiger partial charge in [0, 0.05) is 0 Å². The molecule has 0 fully saturated rings. The number of aliphatic hydroxyl groups excluding tert-OH is 6. The Hall–Kier alpha value is -0.240. The molecule has 0 saturated carbocycles. The van der Waals surface area contributed by atoms with Gasteiger partial charge in [-0.25, -0.2) is 0 Å². The van der Waals surface area contributed by atoms with Gasteiger partial charge in [-0.05, 0) is 0 Å². The zero-order valence-electron chi connectivity index (χ0n) is 6.41. The summed E-state index contributed by atoms with van der Waals surface area (Å²) in [5, 5.41) is 52.2.